The van der Waals surface area contributed by atoms with E-state index in [1.165, 1.54) is 0 Å². The van der Waals surface area contributed by atoms with Gasteiger partial charge in [-0.25, -0.2) is 14.4 Å². The number of benzene rings is 5. The number of esters is 3. The number of fused-ring (bicyclic) bond motifs is 4. The summed E-state index contributed by atoms with van der Waals surface area (Å²) >= 11 is 0. The molecular weight excluding hydrogens is 1240 g/mol. The maximum Gasteiger partial charge on any atom is 0.344 e. The Morgan fingerprint density at radius 3 is 0.633 bits per heavy atom. The van der Waals surface area contributed by atoms with Crippen LogP contribution < -0.4 is 23.7 Å². The topological polar surface area (TPSA) is 162 Å². The molecule has 0 unspecified atom stereocenters. The Morgan fingerprint density at radius 1 is 0.276 bits per heavy atom. The Labute approximate surface area is 587 Å². The number of rotatable bonds is 9. The van der Waals surface area contributed by atoms with Crippen LogP contribution in [0.4, 0.5) is 0 Å². The fourth-order valence-electron chi connectivity index (χ4n) is 11.9. The van der Waals surface area contributed by atoms with Gasteiger partial charge in [-0.15, -0.1) is 0 Å². The molecule has 0 radical (unpaired) electrons. The van der Waals surface area contributed by atoms with Crippen molar-refractivity contribution in [2.75, 3.05) is 85.9 Å². The summed E-state index contributed by atoms with van der Waals surface area (Å²) in [6.45, 7) is 51.7. The third-order valence-corrected chi connectivity index (χ3v) is 16.8. The molecule has 0 spiro atoms. The van der Waals surface area contributed by atoms with Crippen molar-refractivity contribution in [1.29, 1.82) is 0 Å². The van der Waals surface area contributed by atoms with E-state index in [2.05, 4.69) is 165 Å². The van der Waals surface area contributed by atoms with Crippen molar-refractivity contribution in [2.24, 2.45) is 0 Å². The first kappa shape index (κ1) is 78.7. The van der Waals surface area contributed by atoms with E-state index in [1.807, 2.05) is 62.3 Å². The van der Waals surface area contributed by atoms with Crippen molar-refractivity contribution in [3.8, 4) is 28.7 Å². The van der Waals surface area contributed by atoms with E-state index >= 15 is 0 Å². The fraction of sp³-hybridized carbons (Fsp3) is 0.602. The molecule has 0 fully saturated rings. The first-order valence-electron chi connectivity index (χ1n) is 35.2. The maximum absolute atomic E-state index is 14.1. The summed E-state index contributed by atoms with van der Waals surface area (Å²) < 4.78 is 77.9. The van der Waals surface area contributed by atoms with E-state index in [0.717, 1.165) is 83.5 Å². The number of carbonyl (C=O) groups excluding carboxylic acids is 3. The quantitative estimate of drug-likeness (QED) is 0.0992. The zero-order valence-electron chi connectivity index (χ0n) is 64.1. The second-order valence-electron chi connectivity index (χ2n) is 34.5. The van der Waals surface area contributed by atoms with Crippen LogP contribution in [0.3, 0.4) is 0 Å². The zero-order valence-corrected chi connectivity index (χ0v) is 64.1. The molecular formula is C83H118O15. The normalized spacial score (nSPS) is 15.6. The van der Waals surface area contributed by atoms with E-state index in [1.54, 1.807) is 0 Å². The van der Waals surface area contributed by atoms with Gasteiger partial charge >= 0.3 is 17.9 Å². The minimum Gasteiger partial charge on any atom is -0.491 e. The molecule has 2 aliphatic rings. The van der Waals surface area contributed by atoms with Crippen LogP contribution in [0.25, 0.3) is 0 Å². The van der Waals surface area contributed by atoms with Crippen molar-refractivity contribution < 1.29 is 71.2 Å². The number of hydrogen-bond acceptors (Lipinski definition) is 15. The van der Waals surface area contributed by atoms with Gasteiger partial charge in [0.05, 0.1) is 52.9 Å². The van der Waals surface area contributed by atoms with E-state index in [0.29, 0.717) is 94.1 Å². The molecule has 540 valence electrons. The molecule has 0 saturated carbocycles. The minimum absolute atomic E-state index is 0.191. The molecule has 0 atom stereocenters. The Morgan fingerprint density at radius 2 is 0.449 bits per heavy atom. The van der Waals surface area contributed by atoms with Gasteiger partial charge in [0, 0.05) is 32.1 Å². The Hall–Kier alpha value is -6.65. The van der Waals surface area contributed by atoms with Gasteiger partial charge in [0.25, 0.3) is 0 Å². The molecule has 5 aromatic rings. The summed E-state index contributed by atoms with van der Waals surface area (Å²) in [7, 11) is 0. The summed E-state index contributed by atoms with van der Waals surface area (Å²) in [6.07, 6.45) is 1.50. The van der Waals surface area contributed by atoms with E-state index in [9.17, 15) is 14.4 Å². The van der Waals surface area contributed by atoms with Crippen LogP contribution in [0.15, 0.2) is 60.7 Å². The van der Waals surface area contributed by atoms with Gasteiger partial charge < -0.3 is 56.8 Å². The average molecular weight is 1360 g/mol. The van der Waals surface area contributed by atoms with Gasteiger partial charge in [0.1, 0.15) is 58.8 Å². The molecule has 0 N–H and O–H groups in total. The summed E-state index contributed by atoms with van der Waals surface area (Å²) in [5, 5.41) is 0. The van der Waals surface area contributed by atoms with Crippen molar-refractivity contribution in [3.63, 3.8) is 0 Å². The number of ether oxygens (including phenoxy) is 12. The first-order valence-corrected chi connectivity index (χ1v) is 35.2. The summed E-state index contributed by atoms with van der Waals surface area (Å²) in [4.78, 5) is 42.4. The van der Waals surface area contributed by atoms with E-state index in [-0.39, 0.29) is 68.9 Å². The van der Waals surface area contributed by atoms with Crippen LogP contribution in [0.2, 0.25) is 0 Å². The monoisotopic (exact) mass is 1350 g/mol. The van der Waals surface area contributed by atoms with Crippen LogP contribution in [0.5, 0.6) is 28.7 Å². The van der Waals surface area contributed by atoms with Crippen LogP contribution in [-0.4, -0.2) is 121 Å². The Kier molecular flexibility index (Phi) is 25.6. The summed E-state index contributed by atoms with van der Waals surface area (Å²) in [5.41, 5.74) is 9.35. The smallest absolute Gasteiger partial charge is 0.344 e. The zero-order chi connectivity index (χ0) is 72.6. The van der Waals surface area contributed by atoms with Crippen molar-refractivity contribution in [1.82, 2.24) is 0 Å². The molecule has 1 aliphatic carbocycles. The molecule has 0 aromatic heterocycles. The van der Waals surface area contributed by atoms with Gasteiger partial charge in [0.15, 0.2) is 19.8 Å². The molecule has 98 heavy (non-hydrogen) atoms. The molecule has 15 heteroatoms. The SMILES string of the molecule is CC(C)(C)OC(=O)COc1c2cc(C(C)(C)C)cc1Cc1cc(C(C)(C)C)cc3c1OCCOCCOCCOCCOCCOc1c(cc(C(C)(C)C)cc1Cc1cc(C(C)(C)C)cc(c1OCC(=O)OC(C)(C)C)Cc1cc(C(C)(C)C)cc(c1OCC(=O)OC(C)(C)C)C3)C2. The van der Waals surface area contributed by atoms with Crippen LogP contribution in [0.1, 0.15) is 250 Å². The lowest BCUT2D eigenvalue weighted by molar-refractivity contribution is -0.158. The van der Waals surface area contributed by atoms with Gasteiger partial charge in [-0.3, -0.25) is 0 Å². The van der Waals surface area contributed by atoms with E-state index in [4.69, 9.17) is 56.8 Å². The average Bonchev–Trinajstić information content (AvgIpc) is 0.769. The molecule has 1 heterocycles. The molecule has 5 aromatic carbocycles. The fourth-order valence-corrected chi connectivity index (χ4v) is 11.9. The number of carbonyl (C=O) groups is 3. The second-order valence-corrected chi connectivity index (χ2v) is 34.5. The molecule has 1 aliphatic heterocycles. The predicted octanol–water partition coefficient (Wildman–Crippen LogP) is 16.4. The van der Waals surface area contributed by atoms with Crippen LogP contribution in [-0.2, 0) is 107 Å². The molecule has 0 saturated heterocycles. The molecule has 7 rings (SSSR count). The maximum atomic E-state index is 14.1. The lowest BCUT2D eigenvalue weighted by atomic mass is 9.79. The van der Waals surface area contributed by atoms with Gasteiger partial charge in [-0.1, -0.05) is 165 Å². The van der Waals surface area contributed by atoms with Crippen molar-refractivity contribution >= 4 is 17.9 Å². The third kappa shape index (κ3) is 23.5. The van der Waals surface area contributed by atoms with Gasteiger partial charge in [-0.05, 0) is 173 Å². The summed E-state index contributed by atoms with van der Waals surface area (Å²) in [6, 6.07) is 22.2. The molecule has 15 nitrogen and oxygen atoms in total. The van der Waals surface area contributed by atoms with Crippen LogP contribution >= 0.6 is 0 Å². The van der Waals surface area contributed by atoms with Crippen molar-refractivity contribution in [2.45, 2.75) is 242 Å². The Bertz CT molecular complexity index is 3360. The molecule has 0 amide bonds. The minimum atomic E-state index is -0.790. The predicted molar refractivity (Wildman–Crippen MR) is 388 cm³/mol. The van der Waals surface area contributed by atoms with Crippen molar-refractivity contribution in [3.05, 3.63) is 144 Å². The largest absolute Gasteiger partial charge is 0.491 e. The van der Waals surface area contributed by atoms with Crippen LogP contribution in [0, 0.1) is 0 Å². The Balaban J connectivity index is 1.73. The third-order valence-electron chi connectivity index (χ3n) is 16.8. The van der Waals surface area contributed by atoms with Gasteiger partial charge in [-0.2, -0.15) is 0 Å². The second kappa shape index (κ2) is 31.9. The first-order chi connectivity index (χ1) is 45.3. The van der Waals surface area contributed by atoms with E-state index < -0.39 is 45.5 Å². The highest BCUT2D eigenvalue weighted by Crippen LogP contribution is 2.46. The lowest BCUT2D eigenvalue weighted by Gasteiger charge is -2.29. The highest BCUT2D eigenvalue weighted by molar-refractivity contribution is 5.73. The lowest BCUT2D eigenvalue weighted by Crippen LogP contribution is -2.28. The highest BCUT2D eigenvalue weighted by Gasteiger charge is 2.33. The molecule has 12 bridgehead atoms. The van der Waals surface area contributed by atoms with Gasteiger partial charge in [0.2, 0.25) is 0 Å². The number of hydrogen-bond donors (Lipinski definition) is 0. The highest BCUT2D eigenvalue weighted by atomic mass is 16.6. The standard InChI is InChI=1S/C83H118O15/c1-76(2,3)63-40-53-35-57-44-65(78(7,8)9)45-58(73(57)93-50-68(84)96-81(16,17)18)36-54-41-64(77(4,5)6)43-56-38-60-47-67(80(13,14)15)49-62(75(60)95-52-70(86)98-83(22,23)24)39-61-48-66(79(10,11)12)46-59(74(61)94-51-69(85)97-82(19,20)21)37-55(42-63)71(53)91-33-31-89-29-27-87-25-26-88-28-30-90-32-34-92-72(54)56/h40-49H,25-39,50-52H2,1-24H3. The summed E-state index contributed by atoms with van der Waals surface area (Å²) in [5.74, 6) is 1.30.